The molecule has 1 aromatic carbocycles. The van der Waals surface area contributed by atoms with Gasteiger partial charge in [0.25, 0.3) is 0 Å². The van der Waals surface area contributed by atoms with E-state index in [0.717, 1.165) is 36.3 Å². The van der Waals surface area contributed by atoms with Crippen molar-refractivity contribution in [1.82, 2.24) is 14.6 Å². The first kappa shape index (κ1) is 21.1. The summed E-state index contributed by atoms with van der Waals surface area (Å²) in [5.74, 6) is 0.645. The number of carbonyl (C=O) groups excluding carboxylic acids is 1. The molecule has 0 saturated heterocycles. The van der Waals surface area contributed by atoms with Crippen LogP contribution in [0.3, 0.4) is 0 Å². The fourth-order valence-corrected chi connectivity index (χ4v) is 6.35. The van der Waals surface area contributed by atoms with Gasteiger partial charge in [-0.2, -0.15) is 4.31 Å². The van der Waals surface area contributed by atoms with Crippen molar-refractivity contribution in [3.63, 3.8) is 0 Å². The maximum absolute atomic E-state index is 13.0. The normalized spacial score (nSPS) is 17.5. The summed E-state index contributed by atoms with van der Waals surface area (Å²) in [5, 5.41) is 6.29. The first-order valence-electron chi connectivity index (χ1n) is 10.2. The fourth-order valence-electron chi connectivity index (χ4n) is 3.84. The van der Waals surface area contributed by atoms with Gasteiger partial charge in [0, 0.05) is 23.9 Å². The predicted molar refractivity (Wildman–Crippen MR) is 115 cm³/mol. The number of ether oxygens (including phenoxy) is 1. The maximum atomic E-state index is 13.0. The van der Waals surface area contributed by atoms with Crippen molar-refractivity contribution in [2.75, 3.05) is 18.5 Å². The van der Waals surface area contributed by atoms with Gasteiger partial charge >= 0.3 is 6.03 Å². The second-order valence-corrected chi connectivity index (χ2v) is 10.5. The standard InChI is InChI=1S/C20H26N4O4S2/c1-2-28-15-7-9-16(10-8-15)30(26,27)24-12-11-17-18(13-24)29-20(22-17)23-19(25)21-14-5-3-4-6-14/h7-10,14H,2-6,11-13H2,1H3,(H2,21,22,23,25). The monoisotopic (exact) mass is 450 g/mol. The van der Waals surface area contributed by atoms with Crippen molar-refractivity contribution >= 4 is 32.5 Å². The maximum Gasteiger partial charge on any atom is 0.321 e. The molecule has 0 atom stereocenters. The Morgan fingerprint density at radius 1 is 1.27 bits per heavy atom. The van der Waals surface area contributed by atoms with Crippen molar-refractivity contribution in [2.45, 2.75) is 56.5 Å². The van der Waals surface area contributed by atoms with Crippen LogP contribution < -0.4 is 15.4 Å². The van der Waals surface area contributed by atoms with Gasteiger partial charge in [0.2, 0.25) is 10.0 Å². The van der Waals surface area contributed by atoms with E-state index in [2.05, 4.69) is 15.6 Å². The van der Waals surface area contributed by atoms with Gasteiger partial charge in [0.1, 0.15) is 5.75 Å². The molecule has 1 fully saturated rings. The molecule has 2 aliphatic rings. The van der Waals surface area contributed by atoms with E-state index in [0.29, 0.717) is 30.5 Å². The zero-order valence-corrected chi connectivity index (χ0v) is 18.5. The van der Waals surface area contributed by atoms with Crippen LogP contribution in [0.15, 0.2) is 29.2 Å². The SMILES string of the molecule is CCOc1ccc(S(=O)(=O)N2CCc3nc(NC(=O)NC4CCCC4)sc3C2)cc1. The highest BCUT2D eigenvalue weighted by molar-refractivity contribution is 7.89. The molecule has 0 spiro atoms. The Kier molecular flexibility index (Phi) is 6.26. The number of aromatic nitrogens is 1. The summed E-state index contributed by atoms with van der Waals surface area (Å²) in [4.78, 5) is 17.8. The molecule has 1 aliphatic heterocycles. The van der Waals surface area contributed by atoms with Gasteiger partial charge in [0.15, 0.2) is 5.13 Å². The molecule has 1 aromatic heterocycles. The number of fused-ring (bicyclic) bond motifs is 1. The Balaban J connectivity index is 1.42. The summed E-state index contributed by atoms with van der Waals surface area (Å²) < 4.78 is 32.9. The third kappa shape index (κ3) is 4.60. The number of nitrogens with zero attached hydrogens (tertiary/aromatic N) is 2. The number of amides is 2. The number of anilines is 1. The molecule has 1 aliphatic carbocycles. The number of hydrogen-bond donors (Lipinski definition) is 2. The number of benzene rings is 1. The Morgan fingerprint density at radius 2 is 2.00 bits per heavy atom. The van der Waals surface area contributed by atoms with Crippen LogP contribution in [0, 0.1) is 0 Å². The molecule has 4 rings (SSSR count). The minimum absolute atomic E-state index is 0.231. The summed E-state index contributed by atoms with van der Waals surface area (Å²) in [7, 11) is -3.61. The van der Waals surface area contributed by atoms with Gasteiger partial charge in [0.05, 0.1) is 23.7 Å². The minimum Gasteiger partial charge on any atom is -0.494 e. The van der Waals surface area contributed by atoms with Crippen molar-refractivity contribution in [3.8, 4) is 5.75 Å². The quantitative estimate of drug-likeness (QED) is 0.703. The lowest BCUT2D eigenvalue weighted by Crippen LogP contribution is -2.36. The number of sulfonamides is 1. The van der Waals surface area contributed by atoms with Gasteiger partial charge in [-0.25, -0.2) is 18.2 Å². The van der Waals surface area contributed by atoms with Crippen molar-refractivity contribution in [1.29, 1.82) is 0 Å². The number of carbonyl (C=O) groups is 1. The van der Waals surface area contributed by atoms with E-state index in [4.69, 9.17) is 4.74 Å². The first-order chi connectivity index (χ1) is 14.5. The number of thiazole rings is 1. The number of rotatable bonds is 6. The fraction of sp³-hybridized carbons (Fsp3) is 0.500. The van der Waals surface area contributed by atoms with E-state index in [1.807, 2.05) is 6.92 Å². The average Bonchev–Trinajstić information content (AvgIpc) is 3.37. The van der Waals surface area contributed by atoms with Gasteiger partial charge in [-0.15, -0.1) is 0 Å². The molecule has 30 heavy (non-hydrogen) atoms. The summed E-state index contributed by atoms with van der Waals surface area (Å²) in [6.45, 7) is 3.03. The summed E-state index contributed by atoms with van der Waals surface area (Å²) in [6.07, 6.45) is 4.85. The van der Waals surface area contributed by atoms with E-state index in [1.54, 1.807) is 24.3 Å². The Bertz CT molecular complexity index is 998. The zero-order valence-electron chi connectivity index (χ0n) is 16.9. The Morgan fingerprint density at radius 3 is 2.70 bits per heavy atom. The van der Waals surface area contributed by atoms with Gasteiger partial charge in [-0.1, -0.05) is 24.2 Å². The zero-order chi connectivity index (χ0) is 21.1. The highest BCUT2D eigenvalue weighted by atomic mass is 32.2. The second-order valence-electron chi connectivity index (χ2n) is 7.46. The molecule has 8 nitrogen and oxygen atoms in total. The molecule has 2 amide bonds. The molecular weight excluding hydrogens is 424 g/mol. The first-order valence-corrected chi connectivity index (χ1v) is 12.5. The number of hydrogen-bond acceptors (Lipinski definition) is 6. The smallest absolute Gasteiger partial charge is 0.321 e. The number of urea groups is 1. The average molecular weight is 451 g/mol. The summed E-state index contributed by atoms with van der Waals surface area (Å²) in [5.41, 5.74) is 0.856. The third-order valence-electron chi connectivity index (χ3n) is 5.38. The van der Waals surface area contributed by atoms with Crippen LogP contribution in [0.2, 0.25) is 0 Å². The van der Waals surface area contributed by atoms with Crippen LogP contribution in [-0.2, 0) is 23.0 Å². The molecule has 10 heteroatoms. The van der Waals surface area contributed by atoms with Crippen molar-refractivity contribution in [2.24, 2.45) is 0 Å². The lowest BCUT2D eigenvalue weighted by Gasteiger charge is -2.25. The largest absolute Gasteiger partial charge is 0.494 e. The lowest BCUT2D eigenvalue weighted by atomic mass is 10.2. The van der Waals surface area contributed by atoms with Crippen LogP contribution in [0.1, 0.15) is 43.2 Å². The molecular formula is C20H26N4O4S2. The molecule has 0 bridgehead atoms. The minimum atomic E-state index is -3.61. The molecule has 0 radical (unpaired) electrons. The van der Waals surface area contributed by atoms with Crippen molar-refractivity contribution in [3.05, 3.63) is 34.8 Å². The molecule has 0 unspecified atom stereocenters. The van der Waals surface area contributed by atoms with Crippen LogP contribution in [0.4, 0.5) is 9.93 Å². The second kappa shape index (κ2) is 8.91. The van der Waals surface area contributed by atoms with Gasteiger partial charge < -0.3 is 10.1 Å². The highest BCUT2D eigenvalue weighted by Gasteiger charge is 2.30. The van der Waals surface area contributed by atoms with E-state index in [9.17, 15) is 13.2 Å². The Labute approximate surface area is 180 Å². The molecule has 1 saturated carbocycles. The van der Waals surface area contributed by atoms with Crippen molar-refractivity contribution < 1.29 is 17.9 Å². The lowest BCUT2D eigenvalue weighted by molar-refractivity contribution is 0.248. The van der Waals surface area contributed by atoms with Gasteiger partial charge in [-0.05, 0) is 44.0 Å². The van der Waals surface area contributed by atoms with Gasteiger partial charge in [-0.3, -0.25) is 5.32 Å². The van der Waals surface area contributed by atoms with E-state index in [1.165, 1.54) is 15.6 Å². The molecule has 162 valence electrons. The third-order valence-corrected chi connectivity index (χ3v) is 8.24. The number of nitrogens with one attached hydrogen (secondary N) is 2. The van der Waals surface area contributed by atoms with Crippen LogP contribution in [0.5, 0.6) is 5.75 Å². The predicted octanol–water partition coefficient (Wildman–Crippen LogP) is 3.35. The van der Waals surface area contributed by atoms with Crippen LogP contribution in [0.25, 0.3) is 0 Å². The van der Waals surface area contributed by atoms with E-state index in [-0.39, 0.29) is 23.5 Å². The Hall–Kier alpha value is -2.17. The topological polar surface area (TPSA) is 101 Å². The summed E-state index contributed by atoms with van der Waals surface area (Å²) in [6, 6.07) is 6.47. The molecule has 2 N–H and O–H groups in total. The van der Waals surface area contributed by atoms with E-state index >= 15 is 0 Å². The van der Waals surface area contributed by atoms with Crippen LogP contribution >= 0.6 is 11.3 Å². The van der Waals surface area contributed by atoms with E-state index < -0.39 is 10.0 Å². The molecule has 2 aromatic rings. The highest BCUT2D eigenvalue weighted by Crippen LogP contribution is 2.31. The summed E-state index contributed by atoms with van der Waals surface area (Å²) >= 11 is 1.34. The van der Waals surface area contributed by atoms with Crippen LogP contribution in [-0.4, -0.2) is 42.9 Å². The molecule has 2 heterocycles.